The number of nitrogens with zero attached hydrogens (tertiary/aromatic N) is 1. The van der Waals surface area contributed by atoms with Crippen molar-refractivity contribution in [1.82, 2.24) is 9.88 Å². The molecule has 1 aromatic heterocycles. The smallest absolute Gasteiger partial charge is 0.419 e. The summed E-state index contributed by atoms with van der Waals surface area (Å²) in [5, 5.41) is 15.5. The maximum absolute atomic E-state index is 12.3. The van der Waals surface area contributed by atoms with E-state index in [9.17, 15) is 14.7 Å². The summed E-state index contributed by atoms with van der Waals surface area (Å²) in [5.74, 6) is -0.175. The SMILES string of the molecule is Cn1c(=O)oc2cc(NC(=O)NC3CCc4c(O)cccc43)ccc21. The molecule has 2 amide bonds. The van der Waals surface area contributed by atoms with Gasteiger partial charge in [-0.3, -0.25) is 4.57 Å². The third-order valence-corrected chi connectivity index (χ3v) is 4.60. The Morgan fingerprint density at radius 3 is 3.00 bits per heavy atom. The quantitative estimate of drug-likeness (QED) is 0.669. The van der Waals surface area contributed by atoms with E-state index in [4.69, 9.17) is 4.42 Å². The zero-order chi connectivity index (χ0) is 17.6. The monoisotopic (exact) mass is 339 g/mol. The molecule has 1 heterocycles. The maximum atomic E-state index is 12.3. The average Bonchev–Trinajstić information content (AvgIpc) is 3.10. The number of benzene rings is 2. The topological polar surface area (TPSA) is 96.5 Å². The number of phenols is 1. The van der Waals surface area contributed by atoms with Crippen LogP contribution in [-0.4, -0.2) is 15.7 Å². The van der Waals surface area contributed by atoms with Crippen LogP contribution in [0, 0.1) is 0 Å². The number of fused-ring (bicyclic) bond motifs is 2. The van der Waals surface area contributed by atoms with Crippen molar-refractivity contribution in [1.29, 1.82) is 0 Å². The molecule has 7 heteroatoms. The van der Waals surface area contributed by atoms with Crippen LogP contribution in [0.4, 0.5) is 10.5 Å². The molecule has 0 bridgehead atoms. The molecule has 0 aliphatic heterocycles. The lowest BCUT2D eigenvalue weighted by atomic mass is 10.1. The number of carbonyl (C=O) groups is 1. The summed E-state index contributed by atoms with van der Waals surface area (Å²) < 4.78 is 6.53. The molecule has 4 rings (SSSR count). The largest absolute Gasteiger partial charge is 0.508 e. The summed E-state index contributed by atoms with van der Waals surface area (Å²) >= 11 is 0. The van der Waals surface area contributed by atoms with Crippen molar-refractivity contribution in [2.75, 3.05) is 5.32 Å². The number of anilines is 1. The number of hydrogen-bond acceptors (Lipinski definition) is 4. The molecule has 0 saturated carbocycles. The molecule has 1 unspecified atom stereocenters. The number of urea groups is 1. The summed E-state index contributed by atoms with van der Waals surface area (Å²) in [6.45, 7) is 0. The highest BCUT2D eigenvalue weighted by molar-refractivity contribution is 5.91. The van der Waals surface area contributed by atoms with Crippen LogP contribution in [0.1, 0.15) is 23.6 Å². The van der Waals surface area contributed by atoms with Gasteiger partial charge in [0.25, 0.3) is 0 Å². The van der Waals surface area contributed by atoms with E-state index in [0.29, 0.717) is 16.8 Å². The van der Waals surface area contributed by atoms with Gasteiger partial charge in [0.05, 0.1) is 11.6 Å². The molecule has 1 aliphatic carbocycles. The predicted molar refractivity (Wildman–Crippen MR) is 92.8 cm³/mol. The first-order valence-electron chi connectivity index (χ1n) is 8.01. The highest BCUT2D eigenvalue weighted by atomic mass is 16.4. The first-order chi connectivity index (χ1) is 12.0. The Bertz CT molecular complexity index is 1030. The molecular formula is C18H17N3O4. The van der Waals surface area contributed by atoms with Gasteiger partial charge < -0.3 is 20.2 Å². The van der Waals surface area contributed by atoms with Gasteiger partial charge in [-0.2, -0.15) is 0 Å². The maximum Gasteiger partial charge on any atom is 0.419 e. The molecule has 25 heavy (non-hydrogen) atoms. The molecule has 1 aliphatic rings. The molecule has 3 aromatic rings. The van der Waals surface area contributed by atoms with Gasteiger partial charge in [0.1, 0.15) is 5.75 Å². The lowest BCUT2D eigenvalue weighted by Crippen LogP contribution is -2.31. The van der Waals surface area contributed by atoms with Gasteiger partial charge in [0.15, 0.2) is 5.58 Å². The first kappa shape index (κ1) is 15.3. The Morgan fingerprint density at radius 1 is 1.32 bits per heavy atom. The van der Waals surface area contributed by atoms with Gasteiger partial charge in [-0.05, 0) is 42.2 Å². The van der Waals surface area contributed by atoms with Crippen molar-refractivity contribution in [2.24, 2.45) is 7.05 Å². The van der Waals surface area contributed by atoms with Crippen LogP contribution in [0.15, 0.2) is 45.6 Å². The van der Waals surface area contributed by atoms with Crippen molar-refractivity contribution in [3.8, 4) is 5.75 Å². The van der Waals surface area contributed by atoms with Gasteiger partial charge >= 0.3 is 11.8 Å². The van der Waals surface area contributed by atoms with Crippen LogP contribution in [0.3, 0.4) is 0 Å². The molecular weight excluding hydrogens is 322 g/mol. The number of oxazole rings is 1. The minimum Gasteiger partial charge on any atom is -0.508 e. The van der Waals surface area contributed by atoms with Gasteiger partial charge in [0.2, 0.25) is 0 Å². The first-order valence-corrected chi connectivity index (χ1v) is 8.01. The summed E-state index contributed by atoms with van der Waals surface area (Å²) in [7, 11) is 1.63. The van der Waals surface area contributed by atoms with Crippen LogP contribution in [0.25, 0.3) is 11.1 Å². The van der Waals surface area contributed by atoms with Crippen molar-refractivity contribution < 1.29 is 14.3 Å². The fraction of sp³-hybridized carbons (Fsp3) is 0.222. The Hall–Kier alpha value is -3.22. The summed E-state index contributed by atoms with van der Waals surface area (Å²) in [5.41, 5.74) is 3.45. The second-order valence-electron chi connectivity index (χ2n) is 6.14. The van der Waals surface area contributed by atoms with Crippen molar-refractivity contribution in [2.45, 2.75) is 18.9 Å². The number of hydrogen-bond donors (Lipinski definition) is 3. The third-order valence-electron chi connectivity index (χ3n) is 4.60. The van der Waals surface area contributed by atoms with Gasteiger partial charge in [-0.15, -0.1) is 0 Å². The Morgan fingerprint density at radius 2 is 2.16 bits per heavy atom. The standard InChI is InChI=1S/C18H17N3O4/c1-21-14-8-5-10(9-16(14)25-18(21)24)19-17(23)20-13-7-6-12-11(13)3-2-4-15(12)22/h2-5,8-9,13,22H,6-7H2,1H3,(H2,19,20,23). The van der Waals surface area contributed by atoms with E-state index in [1.54, 1.807) is 37.4 Å². The molecule has 1 atom stereocenters. The second kappa shape index (κ2) is 5.70. The Labute approximate surface area is 142 Å². The molecule has 0 radical (unpaired) electrons. The summed E-state index contributed by atoms with van der Waals surface area (Å²) in [4.78, 5) is 23.8. The van der Waals surface area contributed by atoms with E-state index in [1.165, 1.54) is 4.57 Å². The number of rotatable bonds is 2. The lowest BCUT2D eigenvalue weighted by Gasteiger charge is -2.15. The van der Waals surface area contributed by atoms with E-state index < -0.39 is 5.76 Å². The zero-order valence-corrected chi connectivity index (χ0v) is 13.6. The van der Waals surface area contributed by atoms with Crippen molar-refractivity contribution >= 4 is 22.8 Å². The van der Waals surface area contributed by atoms with E-state index in [2.05, 4.69) is 10.6 Å². The number of aromatic hydroxyl groups is 1. The second-order valence-corrected chi connectivity index (χ2v) is 6.14. The number of nitrogens with one attached hydrogen (secondary N) is 2. The molecule has 0 saturated heterocycles. The summed E-state index contributed by atoms with van der Waals surface area (Å²) in [6, 6.07) is 9.91. The fourth-order valence-corrected chi connectivity index (χ4v) is 3.32. The number of phenolic OH excluding ortho intramolecular Hbond substituents is 1. The van der Waals surface area contributed by atoms with Crippen LogP contribution in [-0.2, 0) is 13.5 Å². The molecule has 0 spiro atoms. The highest BCUT2D eigenvalue weighted by Gasteiger charge is 2.25. The normalized spacial score (nSPS) is 16.0. The number of aryl methyl sites for hydroxylation is 1. The predicted octanol–water partition coefficient (Wildman–Crippen LogP) is 2.65. The fourth-order valence-electron chi connectivity index (χ4n) is 3.32. The lowest BCUT2D eigenvalue weighted by molar-refractivity contribution is 0.248. The molecule has 2 aromatic carbocycles. The Kier molecular flexibility index (Phi) is 3.49. The van der Waals surface area contributed by atoms with Crippen LogP contribution in [0.5, 0.6) is 5.75 Å². The zero-order valence-electron chi connectivity index (χ0n) is 13.6. The van der Waals surface area contributed by atoms with E-state index in [0.717, 1.165) is 24.0 Å². The van der Waals surface area contributed by atoms with Crippen LogP contribution in [0.2, 0.25) is 0 Å². The minimum absolute atomic E-state index is 0.138. The highest BCUT2D eigenvalue weighted by Crippen LogP contribution is 2.36. The van der Waals surface area contributed by atoms with Gasteiger partial charge in [-0.1, -0.05) is 12.1 Å². The van der Waals surface area contributed by atoms with Gasteiger partial charge in [0, 0.05) is 18.8 Å². The minimum atomic E-state index is -0.445. The van der Waals surface area contributed by atoms with E-state index in [-0.39, 0.29) is 17.8 Å². The van der Waals surface area contributed by atoms with Crippen LogP contribution < -0.4 is 16.4 Å². The van der Waals surface area contributed by atoms with Gasteiger partial charge in [-0.25, -0.2) is 9.59 Å². The number of amides is 2. The van der Waals surface area contributed by atoms with Crippen molar-refractivity contribution in [3.05, 3.63) is 58.1 Å². The molecule has 7 nitrogen and oxygen atoms in total. The van der Waals surface area contributed by atoms with Crippen molar-refractivity contribution in [3.63, 3.8) is 0 Å². The van der Waals surface area contributed by atoms with E-state index in [1.807, 2.05) is 6.07 Å². The molecule has 3 N–H and O–H groups in total. The number of aromatic nitrogens is 1. The Balaban J connectivity index is 1.50. The molecule has 128 valence electrons. The third kappa shape index (κ3) is 2.63. The van der Waals surface area contributed by atoms with Crippen LogP contribution >= 0.6 is 0 Å². The number of carbonyl (C=O) groups excluding carboxylic acids is 1. The summed E-state index contributed by atoms with van der Waals surface area (Å²) in [6.07, 6.45) is 1.47. The molecule has 0 fully saturated rings. The van der Waals surface area contributed by atoms with E-state index >= 15 is 0 Å². The average molecular weight is 339 g/mol.